The van der Waals surface area contributed by atoms with E-state index in [4.69, 9.17) is 27.9 Å². The van der Waals surface area contributed by atoms with Gasteiger partial charge in [0.05, 0.1) is 28.8 Å². The zero-order valence-corrected chi connectivity index (χ0v) is 12.8. The molecule has 0 aromatic heterocycles. The monoisotopic (exact) mass is 302 g/mol. The second-order valence-corrected chi connectivity index (χ2v) is 5.47. The van der Waals surface area contributed by atoms with Crippen LogP contribution in [0.15, 0.2) is 18.2 Å². The average molecular weight is 303 g/mol. The lowest BCUT2D eigenvalue weighted by Crippen LogP contribution is -2.48. The predicted octanol–water partition coefficient (Wildman–Crippen LogP) is 2.97. The molecule has 106 valence electrons. The number of nitrogens with zero attached hydrogens (tertiary/aromatic N) is 1. The van der Waals surface area contributed by atoms with E-state index < -0.39 is 0 Å². The molecule has 0 saturated carbocycles. The maximum Gasteiger partial charge on any atom is 0.0896 e. The number of halogens is 2. The van der Waals surface area contributed by atoms with Crippen LogP contribution in [0.2, 0.25) is 10.0 Å². The van der Waals surface area contributed by atoms with Crippen LogP contribution in [0.4, 0.5) is 0 Å². The molecule has 0 bridgehead atoms. The molecule has 1 saturated heterocycles. The molecule has 0 spiro atoms. The number of nitrogens with one attached hydrogen (secondary N) is 1. The third-order valence-corrected chi connectivity index (χ3v) is 4.40. The molecular formula is C14H20Cl2N2O. The molecule has 19 heavy (non-hydrogen) atoms. The van der Waals surface area contributed by atoms with E-state index >= 15 is 0 Å². The van der Waals surface area contributed by atoms with Crippen molar-refractivity contribution in [2.24, 2.45) is 0 Å². The summed E-state index contributed by atoms with van der Waals surface area (Å²) in [7, 11) is 1.94. The summed E-state index contributed by atoms with van der Waals surface area (Å²) in [5.74, 6) is 0. The first-order valence-corrected chi connectivity index (χ1v) is 7.38. The fraction of sp³-hybridized carbons (Fsp3) is 0.571. The molecule has 1 aromatic carbocycles. The van der Waals surface area contributed by atoms with Gasteiger partial charge in [0.2, 0.25) is 0 Å². The normalized spacial score (nSPS) is 24.6. The fourth-order valence-corrected chi connectivity index (χ4v) is 3.08. The van der Waals surface area contributed by atoms with E-state index in [0.717, 1.165) is 31.8 Å². The molecule has 2 unspecified atom stereocenters. The Bertz CT molecular complexity index is 426. The lowest BCUT2D eigenvalue weighted by Gasteiger charge is -2.41. The Morgan fingerprint density at radius 3 is 2.89 bits per heavy atom. The summed E-state index contributed by atoms with van der Waals surface area (Å²) in [4.78, 5) is 2.39. The van der Waals surface area contributed by atoms with E-state index in [0.29, 0.717) is 10.0 Å². The Morgan fingerprint density at radius 2 is 2.21 bits per heavy atom. The van der Waals surface area contributed by atoms with Gasteiger partial charge in [-0.2, -0.15) is 0 Å². The van der Waals surface area contributed by atoms with Crippen molar-refractivity contribution >= 4 is 23.2 Å². The smallest absolute Gasteiger partial charge is 0.0896 e. The standard InChI is InChI=1S/C14H20Cl2N2O/c1-3-18-7-8-19-12(9-17-2)14(18)10-5-4-6-11(15)13(10)16/h4-6,12,14,17H,3,7-9H2,1-2H3. The number of ether oxygens (including phenoxy) is 1. The lowest BCUT2D eigenvalue weighted by molar-refractivity contribution is -0.0686. The molecule has 1 aliphatic heterocycles. The van der Waals surface area contributed by atoms with Crippen molar-refractivity contribution in [3.63, 3.8) is 0 Å². The fourth-order valence-electron chi connectivity index (χ4n) is 2.66. The van der Waals surface area contributed by atoms with Crippen LogP contribution in [0.25, 0.3) is 0 Å². The van der Waals surface area contributed by atoms with E-state index in [9.17, 15) is 0 Å². The van der Waals surface area contributed by atoms with Gasteiger partial charge < -0.3 is 10.1 Å². The minimum absolute atomic E-state index is 0.0923. The van der Waals surface area contributed by atoms with Crippen molar-refractivity contribution in [2.45, 2.75) is 19.1 Å². The highest BCUT2D eigenvalue weighted by Gasteiger charge is 2.33. The summed E-state index contributed by atoms with van der Waals surface area (Å²) in [6.07, 6.45) is 0.0923. The topological polar surface area (TPSA) is 24.5 Å². The number of hydrogen-bond donors (Lipinski definition) is 1. The molecule has 1 fully saturated rings. The number of rotatable bonds is 4. The zero-order valence-electron chi connectivity index (χ0n) is 11.3. The first-order valence-electron chi connectivity index (χ1n) is 6.63. The van der Waals surface area contributed by atoms with E-state index in [2.05, 4.69) is 17.1 Å². The van der Waals surface area contributed by atoms with Crippen LogP contribution in [0, 0.1) is 0 Å². The van der Waals surface area contributed by atoms with Gasteiger partial charge in [-0.15, -0.1) is 0 Å². The van der Waals surface area contributed by atoms with E-state index in [1.54, 1.807) is 0 Å². The largest absolute Gasteiger partial charge is 0.374 e. The maximum atomic E-state index is 6.38. The van der Waals surface area contributed by atoms with Crippen LogP contribution < -0.4 is 5.32 Å². The highest BCUT2D eigenvalue weighted by Crippen LogP contribution is 2.36. The molecule has 2 rings (SSSR count). The third-order valence-electron chi connectivity index (χ3n) is 3.57. The molecule has 1 aromatic rings. The Hall–Kier alpha value is -0.320. The molecular weight excluding hydrogens is 283 g/mol. The first kappa shape index (κ1) is 15.1. The maximum absolute atomic E-state index is 6.38. The van der Waals surface area contributed by atoms with Gasteiger partial charge in [-0.3, -0.25) is 4.90 Å². The van der Waals surface area contributed by atoms with Crippen molar-refractivity contribution in [2.75, 3.05) is 33.3 Å². The van der Waals surface area contributed by atoms with Gasteiger partial charge >= 0.3 is 0 Å². The molecule has 1 aliphatic rings. The minimum Gasteiger partial charge on any atom is -0.374 e. The zero-order chi connectivity index (χ0) is 13.8. The van der Waals surface area contributed by atoms with Gasteiger partial charge in [-0.1, -0.05) is 42.3 Å². The summed E-state index contributed by atoms with van der Waals surface area (Å²) in [5, 5.41) is 4.43. The summed E-state index contributed by atoms with van der Waals surface area (Å²) < 4.78 is 5.91. The van der Waals surface area contributed by atoms with E-state index in [1.165, 1.54) is 0 Å². The predicted molar refractivity (Wildman–Crippen MR) is 80.1 cm³/mol. The SMILES string of the molecule is CCN1CCOC(CNC)C1c1cccc(Cl)c1Cl. The van der Waals surface area contributed by atoms with Gasteiger partial charge in [0.25, 0.3) is 0 Å². The summed E-state index contributed by atoms with van der Waals surface area (Å²) in [6, 6.07) is 5.96. The highest BCUT2D eigenvalue weighted by molar-refractivity contribution is 6.42. The van der Waals surface area contributed by atoms with Gasteiger partial charge in [0, 0.05) is 13.1 Å². The Morgan fingerprint density at radius 1 is 1.42 bits per heavy atom. The van der Waals surface area contributed by atoms with Crippen LogP contribution in [-0.2, 0) is 4.74 Å². The van der Waals surface area contributed by atoms with Crippen molar-refractivity contribution in [1.29, 1.82) is 0 Å². The van der Waals surface area contributed by atoms with Crippen molar-refractivity contribution in [3.8, 4) is 0 Å². The average Bonchev–Trinajstić information content (AvgIpc) is 2.42. The molecule has 1 N–H and O–H groups in total. The second kappa shape index (κ2) is 6.91. The molecule has 0 aliphatic carbocycles. The van der Waals surface area contributed by atoms with Crippen LogP contribution in [0.5, 0.6) is 0 Å². The quantitative estimate of drug-likeness (QED) is 0.925. The third kappa shape index (κ3) is 3.23. The first-order chi connectivity index (χ1) is 9.19. The number of likely N-dealkylation sites (N-methyl/N-ethyl adjacent to an activating group) is 2. The van der Waals surface area contributed by atoms with Crippen LogP contribution in [0.1, 0.15) is 18.5 Å². The molecule has 3 nitrogen and oxygen atoms in total. The molecule has 1 heterocycles. The van der Waals surface area contributed by atoms with Crippen molar-refractivity contribution in [1.82, 2.24) is 10.2 Å². The second-order valence-electron chi connectivity index (χ2n) is 4.68. The van der Waals surface area contributed by atoms with Crippen LogP contribution in [-0.4, -0.2) is 44.3 Å². The molecule has 0 radical (unpaired) electrons. The molecule has 0 amide bonds. The number of benzene rings is 1. The molecule has 2 atom stereocenters. The Balaban J connectivity index is 2.36. The lowest BCUT2D eigenvalue weighted by atomic mass is 9.97. The van der Waals surface area contributed by atoms with Crippen LogP contribution >= 0.6 is 23.2 Å². The summed E-state index contributed by atoms with van der Waals surface area (Å²) >= 11 is 12.5. The van der Waals surface area contributed by atoms with Gasteiger partial charge in [0.15, 0.2) is 0 Å². The number of hydrogen-bond acceptors (Lipinski definition) is 3. The van der Waals surface area contributed by atoms with Gasteiger partial charge in [-0.25, -0.2) is 0 Å². The van der Waals surface area contributed by atoms with E-state index in [-0.39, 0.29) is 12.1 Å². The van der Waals surface area contributed by atoms with Gasteiger partial charge in [-0.05, 0) is 25.2 Å². The molecule has 5 heteroatoms. The Kier molecular flexibility index (Phi) is 5.48. The number of morpholine rings is 1. The summed E-state index contributed by atoms with van der Waals surface area (Å²) in [5.41, 5.74) is 1.05. The Labute approximate surface area is 124 Å². The van der Waals surface area contributed by atoms with Crippen molar-refractivity contribution in [3.05, 3.63) is 33.8 Å². The minimum atomic E-state index is 0.0923. The van der Waals surface area contributed by atoms with Gasteiger partial charge in [0.1, 0.15) is 0 Å². The van der Waals surface area contributed by atoms with E-state index in [1.807, 2.05) is 25.2 Å². The summed E-state index contributed by atoms with van der Waals surface area (Å²) in [6.45, 7) is 5.60. The van der Waals surface area contributed by atoms with Crippen LogP contribution in [0.3, 0.4) is 0 Å². The highest BCUT2D eigenvalue weighted by atomic mass is 35.5. The van der Waals surface area contributed by atoms with Crippen molar-refractivity contribution < 1.29 is 4.74 Å².